The lowest BCUT2D eigenvalue weighted by Crippen LogP contribution is -2.34. The van der Waals surface area contributed by atoms with Crippen LogP contribution >= 0.6 is 0 Å². The van der Waals surface area contributed by atoms with Crippen molar-refractivity contribution in [2.24, 2.45) is 5.92 Å². The molecule has 1 heterocycles. The molecule has 0 unspecified atom stereocenters. The lowest BCUT2D eigenvalue weighted by Gasteiger charge is -2.10. The smallest absolute Gasteiger partial charge is 0.373 e. The molecule has 1 aromatic rings. The summed E-state index contributed by atoms with van der Waals surface area (Å²) in [7, 11) is 0. The Hall–Kier alpha value is -2.12. The lowest BCUT2D eigenvalue weighted by atomic mass is 10.2. The molecule has 0 radical (unpaired) electrons. The van der Waals surface area contributed by atoms with Gasteiger partial charge >= 0.3 is 16.9 Å². The van der Waals surface area contributed by atoms with E-state index in [4.69, 9.17) is 5.73 Å². The first-order valence-electron chi connectivity index (χ1n) is 4.61. The molecule has 0 aromatic carbocycles. The molecule has 0 aliphatic carbocycles. The van der Waals surface area contributed by atoms with Gasteiger partial charge in [0.15, 0.2) is 5.82 Å². The van der Waals surface area contributed by atoms with E-state index in [0.717, 1.165) is 4.57 Å². The Morgan fingerprint density at radius 1 is 1.50 bits per heavy atom. The van der Waals surface area contributed by atoms with Crippen LogP contribution in [-0.4, -0.2) is 14.5 Å². The Morgan fingerprint density at radius 3 is 2.50 bits per heavy atom. The van der Waals surface area contributed by atoms with Gasteiger partial charge in [-0.2, -0.15) is 0 Å². The van der Waals surface area contributed by atoms with Crippen LogP contribution in [0.5, 0.6) is 0 Å². The fraction of sp³-hybridized carbons (Fsp3) is 0.500. The van der Waals surface area contributed by atoms with Crippen LogP contribution in [0.15, 0.2) is 9.59 Å². The minimum atomic E-state index is -1.08. The van der Waals surface area contributed by atoms with Gasteiger partial charge in [0.05, 0.1) is 4.92 Å². The summed E-state index contributed by atoms with van der Waals surface area (Å²) in [6.07, 6.45) is 0. The SMILES string of the molecule is CC(C)Cn1c(N)c([N+](=O)[O-])c(=O)[nH]c1=O. The number of aromatic nitrogens is 2. The molecule has 1 rings (SSSR count). The highest BCUT2D eigenvalue weighted by molar-refractivity contribution is 5.50. The molecule has 16 heavy (non-hydrogen) atoms. The summed E-state index contributed by atoms with van der Waals surface area (Å²) < 4.78 is 0.990. The first-order chi connectivity index (χ1) is 7.34. The molecule has 0 spiro atoms. The van der Waals surface area contributed by atoms with Crippen molar-refractivity contribution in [3.05, 3.63) is 31.0 Å². The number of H-pyrrole nitrogens is 1. The van der Waals surface area contributed by atoms with Crippen molar-refractivity contribution in [2.45, 2.75) is 20.4 Å². The van der Waals surface area contributed by atoms with Crippen molar-refractivity contribution in [2.75, 3.05) is 5.73 Å². The maximum atomic E-state index is 11.4. The van der Waals surface area contributed by atoms with Gasteiger partial charge in [-0.1, -0.05) is 13.8 Å². The Bertz CT molecular complexity index is 528. The van der Waals surface area contributed by atoms with E-state index in [1.165, 1.54) is 0 Å². The maximum absolute atomic E-state index is 11.4. The normalized spacial score (nSPS) is 10.7. The summed E-state index contributed by atoms with van der Waals surface area (Å²) in [6, 6.07) is 0. The molecule has 88 valence electrons. The minimum absolute atomic E-state index is 0.0745. The van der Waals surface area contributed by atoms with E-state index in [1.54, 1.807) is 0 Å². The summed E-state index contributed by atoms with van der Waals surface area (Å²) in [5.41, 5.74) is 2.83. The molecular formula is C8H12N4O4. The summed E-state index contributed by atoms with van der Waals surface area (Å²) in [5.74, 6) is -0.335. The van der Waals surface area contributed by atoms with Gasteiger partial charge in [0, 0.05) is 6.54 Å². The maximum Gasteiger partial charge on any atom is 0.373 e. The molecule has 0 aliphatic heterocycles. The second kappa shape index (κ2) is 4.17. The largest absolute Gasteiger partial charge is 0.379 e. The van der Waals surface area contributed by atoms with Crippen LogP contribution in [0.1, 0.15) is 13.8 Å². The quantitative estimate of drug-likeness (QED) is 0.542. The van der Waals surface area contributed by atoms with Gasteiger partial charge in [0.25, 0.3) is 0 Å². The Labute approximate surface area is 89.9 Å². The number of anilines is 1. The molecule has 3 N–H and O–H groups in total. The first-order valence-corrected chi connectivity index (χ1v) is 4.61. The molecule has 0 saturated heterocycles. The third kappa shape index (κ3) is 2.10. The standard InChI is InChI=1S/C8H12N4O4/c1-4(2)3-11-6(9)5(12(15)16)7(13)10-8(11)14/h4H,3,9H2,1-2H3,(H,10,13,14). The molecule has 8 heteroatoms. The van der Waals surface area contributed by atoms with E-state index in [0.29, 0.717) is 0 Å². The fourth-order valence-electron chi connectivity index (χ4n) is 1.30. The monoisotopic (exact) mass is 228 g/mol. The minimum Gasteiger partial charge on any atom is -0.379 e. The van der Waals surface area contributed by atoms with E-state index in [2.05, 4.69) is 0 Å². The van der Waals surface area contributed by atoms with Gasteiger partial charge < -0.3 is 5.73 Å². The summed E-state index contributed by atoms with van der Waals surface area (Å²) >= 11 is 0. The number of nitrogens with zero attached hydrogens (tertiary/aromatic N) is 2. The predicted octanol–water partition coefficient (Wildman–Crippen LogP) is -0.317. The van der Waals surface area contributed by atoms with Gasteiger partial charge in [-0.05, 0) is 5.92 Å². The molecule has 0 bridgehead atoms. The zero-order valence-electron chi connectivity index (χ0n) is 8.89. The third-order valence-electron chi connectivity index (χ3n) is 1.94. The number of nitrogen functional groups attached to an aromatic ring is 1. The molecule has 1 aromatic heterocycles. The molecule has 0 fully saturated rings. The molecule has 0 aliphatic rings. The summed E-state index contributed by atoms with van der Waals surface area (Å²) in [4.78, 5) is 34.1. The lowest BCUT2D eigenvalue weighted by molar-refractivity contribution is -0.385. The Morgan fingerprint density at radius 2 is 2.06 bits per heavy atom. The highest BCUT2D eigenvalue weighted by atomic mass is 16.6. The van der Waals surface area contributed by atoms with E-state index in [-0.39, 0.29) is 12.5 Å². The average Bonchev–Trinajstić information content (AvgIpc) is 2.10. The Balaban J connectivity index is 3.52. The van der Waals surface area contributed by atoms with Gasteiger partial charge in [0.2, 0.25) is 0 Å². The summed E-state index contributed by atoms with van der Waals surface area (Å²) in [6.45, 7) is 3.86. The number of hydrogen-bond acceptors (Lipinski definition) is 5. The van der Waals surface area contributed by atoms with Gasteiger partial charge in [-0.25, -0.2) is 4.79 Å². The number of aromatic amines is 1. The topological polar surface area (TPSA) is 124 Å². The van der Waals surface area contributed by atoms with Crippen molar-refractivity contribution >= 4 is 11.5 Å². The predicted molar refractivity (Wildman–Crippen MR) is 57.2 cm³/mol. The van der Waals surface area contributed by atoms with Crippen molar-refractivity contribution in [3.63, 3.8) is 0 Å². The molecule has 0 atom stereocenters. The van der Waals surface area contributed by atoms with Crippen LogP contribution in [0.2, 0.25) is 0 Å². The second-order valence-electron chi connectivity index (χ2n) is 3.75. The van der Waals surface area contributed by atoms with Gasteiger partial charge in [-0.15, -0.1) is 0 Å². The van der Waals surface area contributed by atoms with Crippen LogP contribution in [0.4, 0.5) is 11.5 Å². The van der Waals surface area contributed by atoms with Crippen molar-refractivity contribution in [3.8, 4) is 0 Å². The van der Waals surface area contributed by atoms with Crippen LogP contribution in [0.25, 0.3) is 0 Å². The summed E-state index contributed by atoms with van der Waals surface area (Å²) in [5, 5.41) is 10.6. The number of nitro groups is 1. The number of nitrogens with one attached hydrogen (secondary N) is 1. The number of nitrogens with two attached hydrogens (primary N) is 1. The van der Waals surface area contributed by atoms with Crippen molar-refractivity contribution < 1.29 is 4.92 Å². The van der Waals surface area contributed by atoms with Crippen LogP contribution < -0.4 is 17.0 Å². The number of rotatable bonds is 3. The highest BCUT2D eigenvalue weighted by Gasteiger charge is 2.22. The first kappa shape index (κ1) is 12.0. The molecule has 0 amide bonds. The Kier molecular flexibility index (Phi) is 3.11. The fourth-order valence-corrected chi connectivity index (χ4v) is 1.30. The zero-order chi connectivity index (χ0) is 12.5. The van der Waals surface area contributed by atoms with Crippen molar-refractivity contribution in [1.29, 1.82) is 0 Å². The molecule has 0 saturated carbocycles. The molecular weight excluding hydrogens is 216 g/mol. The van der Waals surface area contributed by atoms with E-state index >= 15 is 0 Å². The average molecular weight is 228 g/mol. The van der Waals surface area contributed by atoms with Crippen molar-refractivity contribution in [1.82, 2.24) is 9.55 Å². The van der Waals surface area contributed by atoms with Gasteiger partial charge in [-0.3, -0.25) is 24.5 Å². The molecule has 8 nitrogen and oxygen atoms in total. The van der Waals surface area contributed by atoms with Gasteiger partial charge in [0.1, 0.15) is 0 Å². The third-order valence-corrected chi connectivity index (χ3v) is 1.94. The van der Waals surface area contributed by atoms with E-state index < -0.39 is 27.7 Å². The second-order valence-corrected chi connectivity index (χ2v) is 3.75. The highest BCUT2D eigenvalue weighted by Crippen LogP contribution is 2.13. The van der Waals surface area contributed by atoms with Crippen LogP contribution in [0, 0.1) is 16.0 Å². The van der Waals surface area contributed by atoms with Crippen LogP contribution in [-0.2, 0) is 6.54 Å². The zero-order valence-corrected chi connectivity index (χ0v) is 8.89. The number of hydrogen-bond donors (Lipinski definition) is 2. The van der Waals surface area contributed by atoms with Crippen LogP contribution in [0.3, 0.4) is 0 Å². The van der Waals surface area contributed by atoms with E-state index in [9.17, 15) is 19.7 Å². The van der Waals surface area contributed by atoms with E-state index in [1.807, 2.05) is 18.8 Å².